The van der Waals surface area contributed by atoms with Gasteiger partial charge in [0.25, 0.3) is 0 Å². The zero-order valence-corrected chi connectivity index (χ0v) is 6.37. The van der Waals surface area contributed by atoms with Gasteiger partial charge in [0.05, 0.1) is 0 Å². The quantitative estimate of drug-likeness (QED) is 0.223. The lowest BCUT2D eigenvalue weighted by Gasteiger charge is -2.01. The van der Waals surface area contributed by atoms with Gasteiger partial charge in [-0.25, -0.2) is 0 Å². The molecular weight excluding hydrogens is 162 g/mol. The van der Waals surface area contributed by atoms with Crippen LogP contribution in [0.5, 0.6) is 0 Å². The minimum Gasteiger partial charge on any atom is -0.375 e. The van der Waals surface area contributed by atoms with Crippen molar-refractivity contribution in [1.82, 2.24) is 10.9 Å². The number of hydrogen-bond donors (Lipinski definition) is 4. The Morgan fingerprint density at radius 1 is 1.38 bits per heavy atom. The highest BCUT2D eigenvalue weighted by atomic mass is 32.1. The smallest absolute Gasteiger partial charge is 0.182 e. The van der Waals surface area contributed by atoms with E-state index in [-0.39, 0.29) is 5.11 Å². The van der Waals surface area contributed by atoms with Gasteiger partial charge in [-0.2, -0.15) is 0 Å². The molecule has 0 atom stereocenters. The van der Waals surface area contributed by atoms with E-state index in [1.807, 2.05) is 0 Å². The lowest BCUT2D eigenvalue weighted by molar-refractivity contribution is 0.894. The van der Waals surface area contributed by atoms with Gasteiger partial charge >= 0.3 is 0 Å². The molecule has 0 aliphatic rings. The van der Waals surface area contributed by atoms with Gasteiger partial charge in [0.15, 0.2) is 5.11 Å². The van der Waals surface area contributed by atoms with E-state index in [0.29, 0.717) is 4.32 Å². The number of hydrogen-bond acceptors (Lipinski definition) is 2. The predicted octanol–water partition coefficient (Wildman–Crippen LogP) is -0.461. The van der Waals surface area contributed by atoms with Gasteiger partial charge in [-0.1, -0.05) is 12.2 Å². The van der Waals surface area contributed by atoms with Crippen molar-refractivity contribution >= 4 is 46.5 Å². The predicted molar refractivity (Wildman–Crippen MR) is 44.6 cm³/mol. The fraction of sp³-hybridized carbons (Fsp3) is 0. The van der Waals surface area contributed by atoms with Crippen LogP contribution < -0.4 is 16.6 Å². The van der Waals surface area contributed by atoms with E-state index in [9.17, 15) is 0 Å². The van der Waals surface area contributed by atoms with Crippen molar-refractivity contribution in [2.75, 3.05) is 0 Å². The molecule has 46 valence electrons. The third kappa shape index (κ3) is 5.93. The molecule has 0 aromatic heterocycles. The van der Waals surface area contributed by atoms with Crippen LogP contribution in [-0.4, -0.2) is 9.43 Å². The van der Waals surface area contributed by atoms with Crippen molar-refractivity contribution in [2.45, 2.75) is 0 Å². The van der Waals surface area contributed by atoms with E-state index >= 15 is 0 Å². The summed E-state index contributed by atoms with van der Waals surface area (Å²) in [5.74, 6) is 0. The molecule has 0 aliphatic heterocycles. The third-order valence-electron chi connectivity index (χ3n) is 0.293. The molecule has 0 unspecified atom stereocenters. The molecule has 0 spiro atoms. The molecule has 0 bridgehead atoms. The molecule has 0 saturated carbocycles. The van der Waals surface area contributed by atoms with Crippen LogP contribution in [-0.2, 0) is 0 Å². The zero-order chi connectivity index (χ0) is 6.57. The van der Waals surface area contributed by atoms with Crippen LogP contribution in [0.3, 0.4) is 0 Å². The molecule has 0 saturated heterocycles. The summed E-state index contributed by atoms with van der Waals surface area (Å²) >= 11 is 12.6. The molecule has 0 aromatic carbocycles. The standard InChI is InChI=1S/C2H5N3S3/c3-1(6)4-5-2(7)8/h(H3,3,4,6)(H2,5,7,8). The van der Waals surface area contributed by atoms with Crippen LogP contribution in [0.15, 0.2) is 0 Å². The van der Waals surface area contributed by atoms with Crippen molar-refractivity contribution in [3.63, 3.8) is 0 Å². The first kappa shape index (κ1) is 7.93. The van der Waals surface area contributed by atoms with Crippen LogP contribution >= 0.6 is 37.1 Å². The normalized spacial score (nSPS) is 7.62. The first-order valence-electron chi connectivity index (χ1n) is 1.67. The minimum absolute atomic E-state index is 0.140. The summed E-state index contributed by atoms with van der Waals surface area (Å²) in [5, 5.41) is 0.140. The molecule has 6 heteroatoms. The lowest BCUT2D eigenvalue weighted by atomic mass is 11.2. The van der Waals surface area contributed by atoms with Crippen LogP contribution in [0.25, 0.3) is 0 Å². The maximum Gasteiger partial charge on any atom is 0.182 e. The minimum atomic E-state index is 0.140. The SMILES string of the molecule is NC(=S)NNC(=S)S. The van der Waals surface area contributed by atoms with Gasteiger partial charge < -0.3 is 5.73 Å². The van der Waals surface area contributed by atoms with Gasteiger partial charge in [-0.15, -0.1) is 12.6 Å². The number of nitrogens with two attached hydrogens (primary N) is 1. The molecule has 0 radical (unpaired) electrons. The van der Waals surface area contributed by atoms with Crippen LogP contribution in [0.1, 0.15) is 0 Å². The maximum atomic E-state index is 5.00. The van der Waals surface area contributed by atoms with Gasteiger partial charge in [0, 0.05) is 0 Å². The Bertz CT molecular complexity index is 97.1. The second kappa shape index (κ2) is 3.88. The average Bonchev–Trinajstić information content (AvgIpc) is 1.61. The highest BCUT2D eigenvalue weighted by Gasteiger charge is 1.83. The summed E-state index contributed by atoms with van der Waals surface area (Å²) in [6.45, 7) is 0. The van der Waals surface area contributed by atoms with Crippen molar-refractivity contribution in [2.24, 2.45) is 5.73 Å². The Balaban J connectivity index is 3.18. The molecule has 0 heterocycles. The third-order valence-corrected chi connectivity index (χ3v) is 0.609. The summed E-state index contributed by atoms with van der Waals surface area (Å²) in [6.07, 6.45) is 0. The summed E-state index contributed by atoms with van der Waals surface area (Å²) in [5.41, 5.74) is 9.82. The van der Waals surface area contributed by atoms with E-state index in [4.69, 9.17) is 5.73 Å². The first-order chi connectivity index (χ1) is 3.63. The molecule has 0 aromatic rings. The zero-order valence-electron chi connectivity index (χ0n) is 3.84. The number of nitrogens with one attached hydrogen (secondary N) is 2. The highest BCUT2D eigenvalue weighted by molar-refractivity contribution is 8.11. The van der Waals surface area contributed by atoms with Crippen molar-refractivity contribution in [3.05, 3.63) is 0 Å². The van der Waals surface area contributed by atoms with E-state index < -0.39 is 0 Å². The molecule has 0 fully saturated rings. The van der Waals surface area contributed by atoms with Crippen molar-refractivity contribution in [1.29, 1.82) is 0 Å². The van der Waals surface area contributed by atoms with Gasteiger partial charge in [-0.3, -0.25) is 10.9 Å². The Morgan fingerprint density at radius 3 is 2.00 bits per heavy atom. The number of thiol groups is 1. The van der Waals surface area contributed by atoms with Crippen molar-refractivity contribution in [3.8, 4) is 0 Å². The molecule has 0 aliphatic carbocycles. The Hall–Kier alpha value is -0.0700. The van der Waals surface area contributed by atoms with E-state index in [1.165, 1.54) is 0 Å². The first-order valence-corrected chi connectivity index (χ1v) is 2.93. The summed E-state index contributed by atoms with van der Waals surface area (Å²) in [4.78, 5) is 0. The topological polar surface area (TPSA) is 50.1 Å². The monoisotopic (exact) mass is 167 g/mol. The van der Waals surface area contributed by atoms with E-state index in [2.05, 4.69) is 47.9 Å². The molecule has 8 heavy (non-hydrogen) atoms. The number of hydrazine groups is 1. The largest absolute Gasteiger partial charge is 0.375 e. The van der Waals surface area contributed by atoms with Crippen LogP contribution in [0.2, 0.25) is 0 Å². The summed E-state index contributed by atoms with van der Waals surface area (Å²) in [6, 6.07) is 0. The second-order valence-electron chi connectivity index (χ2n) is 0.919. The van der Waals surface area contributed by atoms with Gasteiger partial charge in [0.1, 0.15) is 4.32 Å². The van der Waals surface area contributed by atoms with Gasteiger partial charge in [-0.05, 0) is 12.2 Å². The second-order valence-corrected chi connectivity index (χ2v) is 2.52. The molecule has 0 rings (SSSR count). The van der Waals surface area contributed by atoms with Crippen LogP contribution in [0, 0.1) is 0 Å². The maximum absolute atomic E-state index is 5.00. The average molecular weight is 167 g/mol. The Labute approximate surface area is 63.4 Å². The van der Waals surface area contributed by atoms with Crippen LogP contribution in [0.4, 0.5) is 0 Å². The Morgan fingerprint density at radius 2 is 1.88 bits per heavy atom. The molecular formula is C2H5N3S3. The fourth-order valence-electron chi connectivity index (χ4n) is 0.115. The molecule has 4 N–H and O–H groups in total. The number of thiocarbonyl (C=S) groups is 2. The summed E-state index contributed by atoms with van der Waals surface area (Å²) < 4.78 is 0.304. The highest BCUT2D eigenvalue weighted by Crippen LogP contribution is 1.71. The fourth-order valence-corrected chi connectivity index (χ4v) is 0.273. The molecule has 0 amide bonds. The Kier molecular flexibility index (Phi) is 3.84. The van der Waals surface area contributed by atoms with Gasteiger partial charge in [0.2, 0.25) is 0 Å². The molecule has 3 nitrogen and oxygen atoms in total. The summed E-state index contributed by atoms with van der Waals surface area (Å²) in [7, 11) is 0. The number of rotatable bonds is 0. The van der Waals surface area contributed by atoms with Crippen molar-refractivity contribution < 1.29 is 0 Å². The van der Waals surface area contributed by atoms with E-state index in [1.54, 1.807) is 0 Å². The lowest BCUT2D eigenvalue weighted by Crippen LogP contribution is -2.41. The van der Waals surface area contributed by atoms with E-state index in [0.717, 1.165) is 0 Å².